The number of phenolic OH excluding ortho intramolecular Hbond substituents is 1. The predicted octanol–water partition coefficient (Wildman–Crippen LogP) is 9.39. The van der Waals surface area contributed by atoms with E-state index >= 15 is 0 Å². The first-order valence-corrected chi connectivity index (χ1v) is 19.3. The van der Waals surface area contributed by atoms with E-state index in [9.17, 15) is 32.7 Å². The molecule has 1 fully saturated rings. The normalized spacial score (nSPS) is 17.9. The lowest BCUT2D eigenvalue weighted by Crippen LogP contribution is -2.49. The number of rotatable bonds is 6. The molecule has 3 amide bonds. The number of fused-ring (bicyclic) bond motifs is 1. The van der Waals surface area contributed by atoms with Crippen LogP contribution in [0.2, 0.25) is 5.02 Å². The van der Waals surface area contributed by atoms with E-state index in [4.69, 9.17) is 21.4 Å². The Morgan fingerprint density at radius 1 is 1.02 bits per heavy atom. The molecule has 0 aromatic heterocycles. The summed E-state index contributed by atoms with van der Waals surface area (Å²) in [5.41, 5.74) is 1.32. The minimum absolute atomic E-state index is 0.00845. The highest BCUT2D eigenvalue weighted by Crippen LogP contribution is 2.54. The number of halogens is 4. The van der Waals surface area contributed by atoms with Gasteiger partial charge in [-0.15, -0.1) is 0 Å². The van der Waals surface area contributed by atoms with Gasteiger partial charge in [-0.05, 0) is 74.9 Å². The van der Waals surface area contributed by atoms with Crippen LogP contribution in [0.25, 0.3) is 0 Å². The molecule has 14 heteroatoms. The molecule has 1 spiro atoms. The van der Waals surface area contributed by atoms with Crippen molar-refractivity contribution in [1.29, 1.82) is 0 Å². The number of hydrogen-bond donors (Lipinski definition) is 2. The van der Waals surface area contributed by atoms with Gasteiger partial charge in [0.25, 0.3) is 11.8 Å². The van der Waals surface area contributed by atoms with Crippen LogP contribution < -0.4 is 5.32 Å². The number of benzene rings is 2. The van der Waals surface area contributed by atoms with Crippen LogP contribution in [0.4, 0.5) is 18.9 Å². The van der Waals surface area contributed by atoms with E-state index in [-0.39, 0.29) is 46.2 Å². The van der Waals surface area contributed by atoms with Gasteiger partial charge in [-0.25, -0.2) is 0 Å². The number of piperidine rings is 1. The van der Waals surface area contributed by atoms with Crippen molar-refractivity contribution in [1.82, 2.24) is 14.8 Å². The van der Waals surface area contributed by atoms with Gasteiger partial charge in [0, 0.05) is 29.8 Å². The van der Waals surface area contributed by atoms with Crippen LogP contribution in [0.5, 0.6) is 5.75 Å². The van der Waals surface area contributed by atoms with Gasteiger partial charge in [-0.2, -0.15) is 23.3 Å². The number of nitrogens with zero attached hydrogens (tertiary/aromatic N) is 4. The number of amides is 3. The Balaban J connectivity index is 0.00000129. The van der Waals surface area contributed by atoms with Crippen molar-refractivity contribution in [3.63, 3.8) is 0 Å². The molecule has 55 heavy (non-hydrogen) atoms. The molecule has 2 N–H and O–H groups in total. The van der Waals surface area contributed by atoms with Crippen molar-refractivity contribution in [2.45, 2.75) is 86.7 Å². The van der Waals surface area contributed by atoms with Crippen molar-refractivity contribution in [3.05, 3.63) is 93.9 Å². The van der Waals surface area contributed by atoms with Crippen LogP contribution in [0.3, 0.4) is 0 Å². The summed E-state index contributed by atoms with van der Waals surface area (Å²) in [6.45, 7) is 19.3. The SMILES string of the molecule is C=C1N(CC(=O)Nc2ccc(C(F)(F)F)cc2Cl)C2=C(C(=O)N1/N=C(\C)C1=CCOCC1)C1(CC2)CCN(C(=O)c2ccccc2O)CC1.CC.CC.CC. The van der Waals surface area contributed by atoms with Gasteiger partial charge in [0.2, 0.25) is 5.91 Å². The van der Waals surface area contributed by atoms with Gasteiger partial charge < -0.3 is 25.0 Å². The summed E-state index contributed by atoms with van der Waals surface area (Å²) in [7, 11) is 0. The number of carbonyl (C=O) groups is 3. The zero-order chi connectivity index (χ0) is 41.1. The Morgan fingerprint density at radius 2 is 1.67 bits per heavy atom. The summed E-state index contributed by atoms with van der Waals surface area (Å²) in [5, 5.41) is 18.5. The summed E-state index contributed by atoms with van der Waals surface area (Å²) < 4.78 is 44.9. The molecule has 3 aliphatic heterocycles. The highest BCUT2D eigenvalue weighted by Gasteiger charge is 2.52. The fraction of sp³-hybridized carbons (Fsp3) is 0.463. The fourth-order valence-electron chi connectivity index (χ4n) is 6.98. The maximum absolute atomic E-state index is 14.4. The first-order valence-electron chi connectivity index (χ1n) is 18.9. The number of nitrogens with one attached hydrogen (secondary N) is 1. The average molecular weight is 788 g/mol. The van der Waals surface area contributed by atoms with Crippen LogP contribution in [-0.2, 0) is 20.5 Å². The van der Waals surface area contributed by atoms with Gasteiger partial charge in [-0.3, -0.25) is 14.4 Å². The van der Waals surface area contributed by atoms with E-state index in [1.165, 1.54) is 11.1 Å². The van der Waals surface area contributed by atoms with Crippen molar-refractivity contribution < 1.29 is 37.4 Å². The molecule has 300 valence electrons. The summed E-state index contributed by atoms with van der Waals surface area (Å²) in [6.07, 6.45) is -0.0769. The Bertz CT molecular complexity index is 1820. The lowest BCUT2D eigenvalue weighted by molar-refractivity contribution is -0.137. The van der Waals surface area contributed by atoms with Crippen molar-refractivity contribution in [3.8, 4) is 5.75 Å². The maximum atomic E-state index is 14.4. The molecule has 0 atom stereocenters. The number of para-hydroxylation sites is 1. The van der Waals surface area contributed by atoms with E-state index in [0.717, 1.165) is 23.8 Å². The van der Waals surface area contributed by atoms with Gasteiger partial charge in [0.15, 0.2) is 0 Å². The van der Waals surface area contributed by atoms with Crippen molar-refractivity contribution in [2.75, 3.05) is 38.2 Å². The Morgan fingerprint density at radius 3 is 2.25 bits per heavy atom. The quantitative estimate of drug-likeness (QED) is 0.282. The molecule has 0 bridgehead atoms. The second-order valence-corrected chi connectivity index (χ2v) is 12.9. The molecule has 0 unspecified atom stereocenters. The van der Waals surface area contributed by atoms with Crippen LogP contribution in [-0.4, -0.2) is 76.2 Å². The molecule has 6 rings (SSSR count). The number of phenols is 1. The molecule has 2 aromatic rings. The smallest absolute Gasteiger partial charge is 0.416 e. The number of hydrogen-bond acceptors (Lipinski definition) is 7. The number of allylic oxidation sites excluding steroid dienone is 1. The second-order valence-electron chi connectivity index (χ2n) is 12.5. The van der Waals surface area contributed by atoms with E-state index in [2.05, 4.69) is 11.9 Å². The van der Waals surface area contributed by atoms with E-state index in [0.29, 0.717) is 75.4 Å². The molecular weight excluding hydrogens is 735 g/mol. The number of aromatic hydroxyl groups is 1. The summed E-state index contributed by atoms with van der Waals surface area (Å²) in [4.78, 5) is 44.4. The number of ether oxygens (including phenoxy) is 1. The topological polar surface area (TPSA) is 115 Å². The molecule has 3 heterocycles. The van der Waals surface area contributed by atoms with Gasteiger partial charge in [0.1, 0.15) is 18.1 Å². The zero-order valence-corrected chi connectivity index (χ0v) is 33.5. The second kappa shape index (κ2) is 19.8. The summed E-state index contributed by atoms with van der Waals surface area (Å²) in [6, 6.07) is 9.04. The predicted molar refractivity (Wildman–Crippen MR) is 210 cm³/mol. The lowest BCUT2D eigenvalue weighted by atomic mass is 9.72. The maximum Gasteiger partial charge on any atom is 0.416 e. The van der Waals surface area contributed by atoms with E-state index < -0.39 is 23.1 Å². The summed E-state index contributed by atoms with van der Waals surface area (Å²) in [5.74, 6) is -1.17. The molecule has 1 saturated heterocycles. The van der Waals surface area contributed by atoms with Crippen LogP contribution in [0.15, 0.2) is 82.9 Å². The Hall–Kier alpha value is -4.62. The molecule has 10 nitrogen and oxygen atoms in total. The van der Waals surface area contributed by atoms with E-state index in [1.54, 1.807) is 34.9 Å². The molecule has 0 saturated carbocycles. The standard InChI is InChI=1S/C35H35ClF3N5O5.3C2H6/c1-21(23-10-17-49-18-11-23)41-44-22(2)43(20-30(46)40-27-8-7-24(19-26(27)36)35(37,38)39)28-9-12-34(31(28)33(44)48)13-15-42(16-14-34)32(47)25-5-3-4-6-29(25)45;3*1-2/h3-8,10,19,45H,2,9,11-18,20H2,1H3,(H,40,46);3*1-2H3/b41-21+;;;. The van der Waals surface area contributed by atoms with Gasteiger partial charge >= 0.3 is 6.18 Å². The molecule has 0 radical (unpaired) electrons. The minimum Gasteiger partial charge on any atom is -0.507 e. The molecule has 4 aliphatic rings. The first kappa shape index (κ1) is 44.8. The first-order chi connectivity index (χ1) is 26.3. The number of anilines is 1. The van der Waals surface area contributed by atoms with Crippen LogP contribution in [0, 0.1) is 5.41 Å². The summed E-state index contributed by atoms with van der Waals surface area (Å²) >= 11 is 6.11. The highest BCUT2D eigenvalue weighted by atomic mass is 35.5. The highest BCUT2D eigenvalue weighted by molar-refractivity contribution is 6.33. The molecule has 2 aromatic carbocycles. The number of likely N-dealkylation sites (tertiary alicyclic amines) is 1. The Kier molecular flexibility index (Phi) is 16.1. The molecular formula is C41H53ClF3N5O5. The largest absolute Gasteiger partial charge is 0.507 e. The minimum atomic E-state index is -4.60. The van der Waals surface area contributed by atoms with Crippen LogP contribution in [0.1, 0.15) is 96.5 Å². The van der Waals surface area contributed by atoms with Crippen LogP contribution >= 0.6 is 11.6 Å². The number of alkyl halides is 3. The molecule has 1 aliphatic carbocycles. The Labute approximate surface area is 327 Å². The third-order valence-electron chi connectivity index (χ3n) is 9.64. The third-order valence-corrected chi connectivity index (χ3v) is 9.95. The van der Waals surface area contributed by atoms with Gasteiger partial charge in [0.05, 0.1) is 40.8 Å². The zero-order valence-electron chi connectivity index (χ0n) is 32.8. The number of hydrazone groups is 1. The van der Waals surface area contributed by atoms with Crippen molar-refractivity contribution >= 4 is 40.7 Å². The third kappa shape index (κ3) is 9.98. The van der Waals surface area contributed by atoms with Gasteiger partial charge in [-0.1, -0.05) is 77.9 Å². The van der Waals surface area contributed by atoms with E-state index in [1.807, 2.05) is 47.6 Å². The lowest BCUT2D eigenvalue weighted by Gasteiger charge is -2.44. The van der Waals surface area contributed by atoms with Crippen molar-refractivity contribution in [2.24, 2.45) is 10.5 Å². The number of carbonyl (C=O) groups excluding carboxylic acids is 3. The fourth-order valence-corrected chi connectivity index (χ4v) is 7.20. The average Bonchev–Trinajstić information content (AvgIpc) is 3.56. The monoisotopic (exact) mass is 787 g/mol.